The highest BCUT2D eigenvalue weighted by Gasteiger charge is 2.14. The van der Waals surface area contributed by atoms with Gasteiger partial charge in [0.15, 0.2) is 0 Å². The van der Waals surface area contributed by atoms with E-state index in [2.05, 4.69) is 27.7 Å². The SMILES string of the molecule is [CH2]CC(C)(C)COCCCCCC. The van der Waals surface area contributed by atoms with Gasteiger partial charge in [-0.25, -0.2) is 0 Å². The smallest absolute Gasteiger partial charge is 0.0517 e. The Hall–Kier alpha value is -0.0400. The number of hydrogen-bond acceptors (Lipinski definition) is 1. The zero-order chi connectivity index (χ0) is 10.2. The third-order valence-electron chi connectivity index (χ3n) is 2.31. The minimum atomic E-state index is 0.255. The van der Waals surface area contributed by atoms with Crippen LogP contribution in [0.4, 0.5) is 0 Å². The molecule has 0 aliphatic heterocycles. The molecule has 0 N–H and O–H groups in total. The highest BCUT2D eigenvalue weighted by molar-refractivity contribution is 4.68. The fourth-order valence-electron chi connectivity index (χ4n) is 1.05. The molecule has 0 heterocycles. The number of hydrogen-bond donors (Lipinski definition) is 0. The summed E-state index contributed by atoms with van der Waals surface area (Å²) in [5, 5.41) is 0. The first-order chi connectivity index (χ1) is 6.12. The predicted molar refractivity (Wildman–Crippen MR) is 58.7 cm³/mol. The van der Waals surface area contributed by atoms with Gasteiger partial charge in [-0.05, 0) is 18.3 Å². The molecular formula is C12H25O. The van der Waals surface area contributed by atoms with Crippen LogP contribution < -0.4 is 0 Å². The molecule has 0 saturated heterocycles. The third-order valence-corrected chi connectivity index (χ3v) is 2.31. The van der Waals surface area contributed by atoms with E-state index in [1.165, 1.54) is 25.7 Å². The van der Waals surface area contributed by atoms with Crippen LogP contribution in [0.5, 0.6) is 0 Å². The van der Waals surface area contributed by atoms with Crippen LogP contribution in [0.2, 0.25) is 0 Å². The molecule has 0 aromatic carbocycles. The molecule has 0 amide bonds. The molecule has 0 spiro atoms. The fraction of sp³-hybridized carbons (Fsp3) is 0.917. The topological polar surface area (TPSA) is 9.23 Å². The van der Waals surface area contributed by atoms with Crippen molar-refractivity contribution in [1.82, 2.24) is 0 Å². The normalized spacial score (nSPS) is 12.0. The summed E-state index contributed by atoms with van der Waals surface area (Å²) >= 11 is 0. The molecule has 1 radical (unpaired) electrons. The lowest BCUT2D eigenvalue weighted by Gasteiger charge is -2.21. The first kappa shape index (κ1) is 13.0. The largest absolute Gasteiger partial charge is 0.381 e. The van der Waals surface area contributed by atoms with E-state index in [4.69, 9.17) is 4.74 Å². The van der Waals surface area contributed by atoms with E-state index in [-0.39, 0.29) is 5.41 Å². The Balaban J connectivity index is 3.16. The number of ether oxygens (including phenoxy) is 1. The van der Waals surface area contributed by atoms with Gasteiger partial charge in [-0.15, -0.1) is 0 Å². The van der Waals surface area contributed by atoms with Crippen LogP contribution in [0.1, 0.15) is 52.9 Å². The zero-order valence-electron chi connectivity index (χ0n) is 9.57. The van der Waals surface area contributed by atoms with Crippen LogP contribution in [-0.2, 0) is 4.74 Å². The van der Waals surface area contributed by atoms with E-state index in [1.807, 2.05) is 0 Å². The van der Waals surface area contributed by atoms with Crippen molar-refractivity contribution in [2.24, 2.45) is 5.41 Å². The fourth-order valence-corrected chi connectivity index (χ4v) is 1.05. The maximum Gasteiger partial charge on any atom is 0.0517 e. The Kier molecular flexibility index (Phi) is 7.35. The molecule has 1 heteroatoms. The van der Waals surface area contributed by atoms with Crippen LogP contribution in [0, 0.1) is 12.3 Å². The number of rotatable bonds is 8. The van der Waals surface area contributed by atoms with E-state index < -0.39 is 0 Å². The van der Waals surface area contributed by atoms with Crippen molar-refractivity contribution >= 4 is 0 Å². The lowest BCUT2D eigenvalue weighted by molar-refractivity contribution is 0.0609. The molecule has 0 aromatic heterocycles. The van der Waals surface area contributed by atoms with Crippen molar-refractivity contribution in [3.05, 3.63) is 6.92 Å². The van der Waals surface area contributed by atoms with Gasteiger partial charge in [0.25, 0.3) is 0 Å². The third kappa shape index (κ3) is 8.29. The van der Waals surface area contributed by atoms with Crippen molar-refractivity contribution in [2.45, 2.75) is 52.9 Å². The molecule has 0 fully saturated rings. The highest BCUT2D eigenvalue weighted by Crippen LogP contribution is 2.19. The molecule has 79 valence electrons. The molecule has 0 unspecified atom stereocenters. The first-order valence-electron chi connectivity index (χ1n) is 5.49. The second-order valence-electron chi connectivity index (χ2n) is 4.53. The second-order valence-corrected chi connectivity index (χ2v) is 4.53. The summed E-state index contributed by atoms with van der Waals surface area (Å²) in [6.07, 6.45) is 6.09. The van der Waals surface area contributed by atoms with Gasteiger partial charge in [0.05, 0.1) is 6.61 Å². The lowest BCUT2D eigenvalue weighted by Crippen LogP contribution is -2.18. The van der Waals surface area contributed by atoms with Gasteiger partial charge in [-0.2, -0.15) is 0 Å². The minimum absolute atomic E-state index is 0.255. The average Bonchev–Trinajstić information content (AvgIpc) is 2.11. The molecule has 0 saturated carbocycles. The van der Waals surface area contributed by atoms with Crippen molar-refractivity contribution in [3.8, 4) is 0 Å². The minimum Gasteiger partial charge on any atom is -0.381 e. The molecule has 0 aliphatic carbocycles. The molecular weight excluding hydrogens is 160 g/mol. The maximum atomic E-state index is 5.60. The zero-order valence-corrected chi connectivity index (χ0v) is 9.57. The van der Waals surface area contributed by atoms with E-state index in [0.717, 1.165) is 19.6 Å². The molecule has 13 heavy (non-hydrogen) atoms. The summed E-state index contributed by atoms with van der Waals surface area (Å²) in [7, 11) is 0. The first-order valence-corrected chi connectivity index (χ1v) is 5.49. The molecule has 0 bridgehead atoms. The van der Waals surface area contributed by atoms with Crippen LogP contribution in [0.15, 0.2) is 0 Å². The summed E-state index contributed by atoms with van der Waals surface area (Å²) < 4.78 is 5.60. The predicted octanol–water partition coefficient (Wildman–Crippen LogP) is 3.83. The van der Waals surface area contributed by atoms with Gasteiger partial charge in [0.1, 0.15) is 0 Å². The van der Waals surface area contributed by atoms with E-state index in [0.29, 0.717) is 0 Å². The van der Waals surface area contributed by atoms with Gasteiger partial charge in [0.2, 0.25) is 0 Å². The van der Waals surface area contributed by atoms with Crippen molar-refractivity contribution in [3.63, 3.8) is 0 Å². The average molecular weight is 185 g/mol. The maximum absolute atomic E-state index is 5.60. The monoisotopic (exact) mass is 185 g/mol. The van der Waals surface area contributed by atoms with Crippen LogP contribution in [-0.4, -0.2) is 13.2 Å². The summed E-state index contributed by atoms with van der Waals surface area (Å²) in [4.78, 5) is 0. The van der Waals surface area contributed by atoms with Gasteiger partial charge < -0.3 is 4.74 Å². The molecule has 0 aromatic rings. The Labute approximate surface area is 83.9 Å². The second kappa shape index (κ2) is 7.37. The Morgan fingerprint density at radius 2 is 1.85 bits per heavy atom. The van der Waals surface area contributed by atoms with E-state index in [9.17, 15) is 0 Å². The van der Waals surface area contributed by atoms with Crippen molar-refractivity contribution < 1.29 is 4.74 Å². The Morgan fingerprint density at radius 3 is 2.38 bits per heavy atom. The van der Waals surface area contributed by atoms with E-state index >= 15 is 0 Å². The van der Waals surface area contributed by atoms with Crippen LogP contribution in [0.3, 0.4) is 0 Å². The molecule has 0 atom stereocenters. The quantitative estimate of drug-likeness (QED) is 0.522. The summed E-state index contributed by atoms with van der Waals surface area (Å²) in [5.41, 5.74) is 0.255. The van der Waals surface area contributed by atoms with Gasteiger partial charge in [-0.1, -0.05) is 47.0 Å². The molecule has 1 nitrogen and oxygen atoms in total. The summed E-state index contributed by atoms with van der Waals surface area (Å²) in [5.74, 6) is 0. The van der Waals surface area contributed by atoms with E-state index in [1.54, 1.807) is 0 Å². The van der Waals surface area contributed by atoms with Crippen molar-refractivity contribution in [1.29, 1.82) is 0 Å². The summed E-state index contributed by atoms with van der Waals surface area (Å²) in [6.45, 7) is 12.3. The van der Waals surface area contributed by atoms with Gasteiger partial charge in [-0.3, -0.25) is 0 Å². The Bertz CT molecular complexity index is 108. The Morgan fingerprint density at radius 1 is 1.15 bits per heavy atom. The molecule has 0 aliphatic rings. The van der Waals surface area contributed by atoms with Crippen LogP contribution >= 0.6 is 0 Å². The lowest BCUT2D eigenvalue weighted by atomic mass is 9.92. The number of unbranched alkanes of at least 4 members (excludes halogenated alkanes) is 3. The summed E-state index contributed by atoms with van der Waals surface area (Å²) in [6, 6.07) is 0. The standard InChI is InChI=1S/C12H25O/c1-5-7-8-9-10-13-11-12(3,4)6-2/h2,5-11H2,1,3-4H3. The van der Waals surface area contributed by atoms with Crippen molar-refractivity contribution in [2.75, 3.05) is 13.2 Å². The highest BCUT2D eigenvalue weighted by atomic mass is 16.5. The molecule has 0 rings (SSSR count). The van der Waals surface area contributed by atoms with Gasteiger partial charge >= 0.3 is 0 Å². The van der Waals surface area contributed by atoms with Crippen LogP contribution in [0.25, 0.3) is 0 Å². The van der Waals surface area contributed by atoms with Gasteiger partial charge in [0, 0.05) is 6.61 Å².